The van der Waals surface area contributed by atoms with Gasteiger partial charge in [0.15, 0.2) is 15.3 Å². The summed E-state index contributed by atoms with van der Waals surface area (Å²) in [7, 11) is 0. The van der Waals surface area contributed by atoms with Crippen LogP contribution in [0.15, 0.2) is 34.7 Å². The fourth-order valence-corrected chi connectivity index (χ4v) is 2.37. The third-order valence-corrected chi connectivity index (χ3v) is 3.42. The average Bonchev–Trinajstić information content (AvgIpc) is 2.70. The van der Waals surface area contributed by atoms with Crippen molar-refractivity contribution in [2.75, 3.05) is 18.5 Å². The molecule has 5 heteroatoms. The molecule has 0 bridgehead atoms. The van der Waals surface area contributed by atoms with Crippen molar-refractivity contribution < 1.29 is 13.9 Å². The highest BCUT2D eigenvalue weighted by Gasteiger charge is 2.10. The third-order valence-electron chi connectivity index (χ3n) is 2.84. The van der Waals surface area contributed by atoms with Crippen molar-refractivity contribution in [1.82, 2.24) is 0 Å². The third kappa shape index (κ3) is 3.15. The summed E-state index contributed by atoms with van der Waals surface area (Å²) in [6.07, 6.45) is 0.919. The Kier molecular flexibility index (Phi) is 3.82. The van der Waals surface area contributed by atoms with Crippen LogP contribution in [-0.2, 0) is 6.54 Å². The van der Waals surface area contributed by atoms with Crippen molar-refractivity contribution >= 4 is 28.3 Å². The molecule has 100 valence electrons. The van der Waals surface area contributed by atoms with Crippen LogP contribution in [0.3, 0.4) is 0 Å². The van der Waals surface area contributed by atoms with E-state index in [9.17, 15) is 0 Å². The van der Waals surface area contributed by atoms with Gasteiger partial charge >= 0.3 is 0 Å². The van der Waals surface area contributed by atoms with Crippen molar-refractivity contribution in [3.8, 4) is 11.5 Å². The second-order valence-electron chi connectivity index (χ2n) is 4.27. The molecule has 0 saturated heterocycles. The van der Waals surface area contributed by atoms with E-state index >= 15 is 0 Å². The molecular formula is C14H14INO3. The van der Waals surface area contributed by atoms with Gasteiger partial charge in [-0.1, -0.05) is 0 Å². The predicted molar refractivity (Wildman–Crippen MR) is 80.8 cm³/mol. The Balaban J connectivity index is 1.69. The highest BCUT2D eigenvalue weighted by Crippen LogP contribution is 2.32. The van der Waals surface area contributed by atoms with Crippen LogP contribution in [-0.4, -0.2) is 13.2 Å². The van der Waals surface area contributed by atoms with Gasteiger partial charge in [0.1, 0.15) is 5.76 Å². The molecule has 0 atom stereocenters. The normalized spacial score (nSPS) is 13.9. The van der Waals surface area contributed by atoms with E-state index in [0.29, 0.717) is 19.8 Å². The van der Waals surface area contributed by atoms with E-state index in [1.165, 1.54) is 0 Å². The van der Waals surface area contributed by atoms with E-state index in [1.807, 2.05) is 30.3 Å². The van der Waals surface area contributed by atoms with E-state index in [1.54, 1.807) is 0 Å². The highest BCUT2D eigenvalue weighted by atomic mass is 127. The molecular weight excluding hydrogens is 357 g/mol. The van der Waals surface area contributed by atoms with Gasteiger partial charge in [-0.15, -0.1) is 0 Å². The first-order valence-corrected chi connectivity index (χ1v) is 7.27. The van der Waals surface area contributed by atoms with Gasteiger partial charge in [-0.2, -0.15) is 0 Å². The zero-order chi connectivity index (χ0) is 13.1. The minimum atomic E-state index is 0.655. The van der Waals surface area contributed by atoms with Gasteiger partial charge in [0.2, 0.25) is 0 Å². The molecule has 2 heterocycles. The molecule has 0 radical (unpaired) electrons. The maximum Gasteiger partial charge on any atom is 0.164 e. The molecule has 0 amide bonds. The Hall–Kier alpha value is -1.37. The summed E-state index contributed by atoms with van der Waals surface area (Å²) < 4.78 is 17.7. The number of halogens is 1. The lowest BCUT2D eigenvalue weighted by molar-refractivity contribution is 0.297. The smallest absolute Gasteiger partial charge is 0.164 e. The Labute approximate surface area is 125 Å². The van der Waals surface area contributed by atoms with Gasteiger partial charge in [-0.05, 0) is 46.9 Å². The number of ether oxygens (including phenoxy) is 2. The van der Waals surface area contributed by atoms with E-state index in [2.05, 4.69) is 27.9 Å². The Morgan fingerprint density at radius 2 is 1.89 bits per heavy atom. The monoisotopic (exact) mass is 371 g/mol. The van der Waals surface area contributed by atoms with Crippen LogP contribution in [0.1, 0.15) is 12.2 Å². The lowest BCUT2D eigenvalue weighted by atomic mass is 10.2. The summed E-state index contributed by atoms with van der Waals surface area (Å²) in [5.41, 5.74) is 0.996. The molecule has 1 aliphatic heterocycles. The van der Waals surface area contributed by atoms with Crippen LogP contribution in [0.4, 0.5) is 5.69 Å². The maximum atomic E-state index is 5.66. The lowest BCUT2D eigenvalue weighted by Gasteiger charge is -2.10. The minimum Gasteiger partial charge on any atom is -0.490 e. The summed E-state index contributed by atoms with van der Waals surface area (Å²) in [6.45, 7) is 2.07. The number of fused-ring (bicyclic) bond motifs is 1. The van der Waals surface area contributed by atoms with Gasteiger partial charge in [-0.3, -0.25) is 0 Å². The van der Waals surface area contributed by atoms with Crippen LogP contribution in [0.25, 0.3) is 0 Å². The van der Waals surface area contributed by atoms with Gasteiger partial charge in [0.05, 0.1) is 19.8 Å². The number of furan rings is 1. The first-order valence-electron chi connectivity index (χ1n) is 6.19. The van der Waals surface area contributed by atoms with Crippen LogP contribution in [0.2, 0.25) is 0 Å². The lowest BCUT2D eigenvalue weighted by Crippen LogP contribution is -1.99. The summed E-state index contributed by atoms with van der Waals surface area (Å²) in [4.78, 5) is 0. The molecule has 0 unspecified atom stereocenters. The van der Waals surface area contributed by atoms with Crippen molar-refractivity contribution in [2.45, 2.75) is 13.0 Å². The molecule has 0 fully saturated rings. The van der Waals surface area contributed by atoms with Crippen molar-refractivity contribution in [3.63, 3.8) is 0 Å². The highest BCUT2D eigenvalue weighted by molar-refractivity contribution is 14.1. The molecule has 2 aromatic rings. The van der Waals surface area contributed by atoms with E-state index in [0.717, 1.165) is 33.1 Å². The van der Waals surface area contributed by atoms with Gasteiger partial charge in [-0.25, -0.2) is 0 Å². The van der Waals surface area contributed by atoms with Crippen LogP contribution in [0.5, 0.6) is 11.5 Å². The zero-order valence-electron chi connectivity index (χ0n) is 10.3. The standard InChI is InChI=1S/C14H14INO3/c15-14-5-3-11(19-14)9-16-10-2-4-12-13(8-10)18-7-1-6-17-12/h2-5,8,16H,1,6-7,9H2. The van der Waals surface area contributed by atoms with Gasteiger partial charge < -0.3 is 19.2 Å². The molecule has 3 rings (SSSR count). The Morgan fingerprint density at radius 3 is 2.68 bits per heavy atom. The Morgan fingerprint density at radius 1 is 1.05 bits per heavy atom. The molecule has 0 aliphatic carbocycles. The van der Waals surface area contributed by atoms with E-state index in [4.69, 9.17) is 13.9 Å². The molecule has 1 N–H and O–H groups in total. The summed E-state index contributed by atoms with van der Waals surface area (Å²) in [6, 6.07) is 9.81. The van der Waals surface area contributed by atoms with Crippen molar-refractivity contribution in [1.29, 1.82) is 0 Å². The largest absolute Gasteiger partial charge is 0.490 e. The quantitative estimate of drug-likeness (QED) is 0.837. The summed E-state index contributed by atoms with van der Waals surface area (Å²) >= 11 is 2.16. The number of rotatable bonds is 3. The van der Waals surface area contributed by atoms with Crippen molar-refractivity contribution in [3.05, 3.63) is 39.9 Å². The molecule has 1 aromatic carbocycles. The molecule has 0 spiro atoms. The number of nitrogens with one attached hydrogen (secondary N) is 1. The first-order chi connectivity index (χ1) is 9.31. The zero-order valence-corrected chi connectivity index (χ0v) is 12.5. The molecule has 19 heavy (non-hydrogen) atoms. The van der Waals surface area contributed by atoms with Gasteiger partial charge in [0, 0.05) is 18.2 Å². The second-order valence-corrected chi connectivity index (χ2v) is 5.33. The van der Waals surface area contributed by atoms with Crippen LogP contribution >= 0.6 is 22.6 Å². The molecule has 0 saturated carbocycles. The Bertz CT molecular complexity index is 568. The molecule has 1 aliphatic rings. The number of benzene rings is 1. The predicted octanol–water partition coefficient (Wildman–Crippen LogP) is 3.66. The first kappa shape index (κ1) is 12.7. The van der Waals surface area contributed by atoms with Gasteiger partial charge in [0.25, 0.3) is 0 Å². The van der Waals surface area contributed by atoms with Crippen molar-refractivity contribution in [2.24, 2.45) is 0 Å². The van der Waals surface area contributed by atoms with Crippen LogP contribution in [0, 0.1) is 3.77 Å². The maximum absolute atomic E-state index is 5.66. The SMILES string of the molecule is Ic1ccc(CNc2ccc3c(c2)OCCCO3)o1. The number of hydrogen-bond acceptors (Lipinski definition) is 4. The average molecular weight is 371 g/mol. The fourth-order valence-electron chi connectivity index (χ4n) is 1.91. The van der Waals surface area contributed by atoms with E-state index < -0.39 is 0 Å². The molecule has 4 nitrogen and oxygen atoms in total. The summed E-state index contributed by atoms with van der Waals surface area (Å²) in [5, 5.41) is 3.31. The minimum absolute atomic E-state index is 0.655. The van der Waals surface area contributed by atoms with Crippen LogP contribution < -0.4 is 14.8 Å². The second kappa shape index (κ2) is 5.73. The van der Waals surface area contributed by atoms with E-state index in [-0.39, 0.29) is 0 Å². The number of hydrogen-bond donors (Lipinski definition) is 1. The summed E-state index contributed by atoms with van der Waals surface area (Å²) in [5.74, 6) is 2.53. The number of anilines is 1. The topological polar surface area (TPSA) is 43.6 Å². The molecule has 1 aromatic heterocycles. The fraction of sp³-hybridized carbons (Fsp3) is 0.286.